The number of halogens is 1. The molecule has 3 N–H and O–H groups in total. The average Bonchev–Trinajstić information content (AvgIpc) is 2.69. The minimum Gasteiger partial charge on any atom is -0.423 e. The largest absolute Gasteiger partial charge is 0.423 e. The molecule has 0 saturated heterocycles. The Morgan fingerprint density at radius 1 is 0.964 bits per heavy atom. The minimum atomic E-state index is -0.587. The first kappa shape index (κ1) is 18.8. The topological polar surface area (TPSA) is 93.8 Å². The SMILES string of the molecule is Nc1cccc(C(=O)N/N=C\c2ccc(OC(=O)c3ccc(F)cc3)cc2)c1. The number of nitrogens with zero attached hydrogens (tertiary/aromatic N) is 1. The Morgan fingerprint density at radius 2 is 1.68 bits per heavy atom. The Balaban J connectivity index is 1.56. The lowest BCUT2D eigenvalue weighted by Gasteiger charge is -2.04. The lowest BCUT2D eigenvalue weighted by atomic mass is 10.2. The number of nitrogen functional groups attached to an aromatic ring is 1. The van der Waals surface area contributed by atoms with E-state index in [0.29, 0.717) is 22.6 Å². The van der Waals surface area contributed by atoms with E-state index in [0.717, 1.165) is 0 Å². The molecule has 28 heavy (non-hydrogen) atoms. The van der Waals surface area contributed by atoms with Gasteiger partial charge in [0.05, 0.1) is 11.8 Å². The van der Waals surface area contributed by atoms with Gasteiger partial charge in [0.1, 0.15) is 11.6 Å². The van der Waals surface area contributed by atoms with Crippen molar-refractivity contribution in [2.75, 3.05) is 5.73 Å². The molecular weight excluding hydrogens is 361 g/mol. The van der Waals surface area contributed by atoms with Gasteiger partial charge in [-0.15, -0.1) is 0 Å². The molecule has 0 spiro atoms. The quantitative estimate of drug-likeness (QED) is 0.234. The number of ether oxygens (including phenoxy) is 1. The van der Waals surface area contributed by atoms with E-state index in [2.05, 4.69) is 10.5 Å². The van der Waals surface area contributed by atoms with Crippen LogP contribution in [0.15, 0.2) is 77.9 Å². The summed E-state index contributed by atoms with van der Waals surface area (Å²) in [6, 6.07) is 18.1. The second-order valence-electron chi connectivity index (χ2n) is 5.79. The number of carbonyl (C=O) groups is 2. The Bertz CT molecular complexity index is 1020. The van der Waals surface area contributed by atoms with Crippen LogP contribution in [0.4, 0.5) is 10.1 Å². The van der Waals surface area contributed by atoms with Crippen LogP contribution in [0.3, 0.4) is 0 Å². The number of anilines is 1. The number of amides is 1. The molecule has 7 heteroatoms. The van der Waals surface area contributed by atoms with Crippen LogP contribution in [-0.4, -0.2) is 18.1 Å². The van der Waals surface area contributed by atoms with Crippen molar-refractivity contribution in [3.8, 4) is 5.75 Å². The van der Waals surface area contributed by atoms with Crippen LogP contribution in [0.25, 0.3) is 0 Å². The second-order valence-corrected chi connectivity index (χ2v) is 5.79. The molecule has 6 nitrogen and oxygen atoms in total. The molecule has 0 aliphatic heterocycles. The van der Waals surface area contributed by atoms with Crippen LogP contribution in [0, 0.1) is 5.82 Å². The van der Waals surface area contributed by atoms with Crippen molar-refractivity contribution in [2.24, 2.45) is 5.10 Å². The van der Waals surface area contributed by atoms with Gasteiger partial charge in [-0.1, -0.05) is 6.07 Å². The lowest BCUT2D eigenvalue weighted by Crippen LogP contribution is -2.17. The van der Waals surface area contributed by atoms with Gasteiger partial charge < -0.3 is 10.5 Å². The summed E-state index contributed by atoms with van der Waals surface area (Å²) < 4.78 is 18.1. The van der Waals surface area contributed by atoms with E-state index in [1.165, 1.54) is 30.5 Å². The number of rotatable bonds is 5. The Hall–Kier alpha value is -4.00. The maximum absolute atomic E-state index is 12.9. The van der Waals surface area contributed by atoms with Crippen LogP contribution < -0.4 is 15.9 Å². The zero-order valence-corrected chi connectivity index (χ0v) is 14.6. The number of hydrazone groups is 1. The monoisotopic (exact) mass is 377 g/mol. The molecule has 0 radical (unpaired) electrons. The second kappa shape index (κ2) is 8.59. The number of carbonyl (C=O) groups excluding carboxylic acids is 2. The fourth-order valence-corrected chi connectivity index (χ4v) is 2.28. The minimum absolute atomic E-state index is 0.247. The van der Waals surface area contributed by atoms with Crippen molar-refractivity contribution in [1.82, 2.24) is 5.43 Å². The van der Waals surface area contributed by atoms with Crippen molar-refractivity contribution < 1.29 is 18.7 Å². The highest BCUT2D eigenvalue weighted by molar-refractivity contribution is 5.95. The van der Waals surface area contributed by atoms with Gasteiger partial charge >= 0.3 is 5.97 Å². The number of nitrogens with one attached hydrogen (secondary N) is 1. The van der Waals surface area contributed by atoms with Gasteiger partial charge in [-0.25, -0.2) is 14.6 Å². The predicted molar refractivity (Wildman–Crippen MR) is 104 cm³/mol. The highest BCUT2D eigenvalue weighted by Crippen LogP contribution is 2.14. The maximum atomic E-state index is 12.9. The van der Waals surface area contributed by atoms with Crippen LogP contribution in [0.2, 0.25) is 0 Å². The van der Waals surface area contributed by atoms with Crippen molar-refractivity contribution in [3.63, 3.8) is 0 Å². The summed E-state index contributed by atoms with van der Waals surface area (Å²) >= 11 is 0. The van der Waals surface area contributed by atoms with E-state index >= 15 is 0 Å². The molecule has 3 aromatic carbocycles. The fraction of sp³-hybridized carbons (Fsp3) is 0. The Morgan fingerprint density at radius 3 is 2.36 bits per heavy atom. The van der Waals surface area contributed by atoms with Crippen molar-refractivity contribution >= 4 is 23.8 Å². The third-order valence-corrected chi connectivity index (χ3v) is 3.70. The Kier molecular flexibility index (Phi) is 5.76. The third-order valence-electron chi connectivity index (χ3n) is 3.70. The first-order chi connectivity index (χ1) is 13.5. The van der Waals surface area contributed by atoms with Crippen LogP contribution >= 0.6 is 0 Å². The summed E-state index contributed by atoms with van der Waals surface area (Å²) in [5.41, 5.74) is 9.87. The molecule has 0 atom stereocenters. The van der Waals surface area contributed by atoms with E-state index in [4.69, 9.17) is 10.5 Å². The number of benzene rings is 3. The normalized spacial score (nSPS) is 10.6. The van der Waals surface area contributed by atoms with Gasteiger partial charge in [0.2, 0.25) is 0 Å². The van der Waals surface area contributed by atoms with Gasteiger partial charge in [-0.3, -0.25) is 4.79 Å². The number of hydrogen-bond acceptors (Lipinski definition) is 5. The molecule has 3 aromatic rings. The maximum Gasteiger partial charge on any atom is 0.343 e. The fourth-order valence-electron chi connectivity index (χ4n) is 2.28. The number of esters is 1. The zero-order valence-electron chi connectivity index (χ0n) is 14.6. The molecule has 0 aliphatic carbocycles. The van der Waals surface area contributed by atoms with Crippen molar-refractivity contribution in [2.45, 2.75) is 0 Å². The molecule has 140 valence electrons. The molecule has 0 aromatic heterocycles. The number of nitrogens with two attached hydrogens (primary N) is 1. The average molecular weight is 377 g/mol. The Labute approximate surface area is 160 Å². The predicted octanol–water partition coefficient (Wildman–Crippen LogP) is 3.39. The van der Waals surface area contributed by atoms with E-state index in [-0.39, 0.29) is 11.5 Å². The zero-order chi connectivity index (χ0) is 19.9. The van der Waals surface area contributed by atoms with Gasteiger partial charge in [0.25, 0.3) is 5.91 Å². The van der Waals surface area contributed by atoms with E-state index in [9.17, 15) is 14.0 Å². The molecule has 0 fully saturated rings. The molecule has 3 rings (SSSR count). The van der Waals surface area contributed by atoms with Gasteiger partial charge in [0.15, 0.2) is 0 Å². The molecule has 0 saturated carbocycles. The highest BCUT2D eigenvalue weighted by atomic mass is 19.1. The molecular formula is C21H16FN3O3. The van der Waals surface area contributed by atoms with Crippen molar-refractivity contribution in [1.29, 1.82) is 0 Å². The molecule has 1 amide bonds. The van der Waals surface area contributed by atoms with Gasteiger partial charge in [0, 0.05) is 11.3 Å². The van der Waals surface area contributed by atoms with Crippen LogP contribution in [0.1, 0.15) is 26.3 Å². The molecule has 0 bridgehead atoms. The summed E-state index contributed by atoms with van der Waals surface area (Å²) in [7, 11) is 0. The number of hydrogen-bond donors (Lipinski definition) is 2. The van der Waals surface area contributed by atoms with Gasteiger partial charge in [-0.05, 0) is 72.3 Å². The summed E-state index contributed by atoms with van der Waals surface area (Å²) in [6.45, 7) is 0. The summed E-state index contributed by atoms with van der Waals surface area (Å²) in [6.07, 6.45) is 1.45. The summed E-state index contributed by atoms with van der Waals surface area (Å²) in [4.78, 5) is 23.9. The smallest absolute Gasteiger partial charge is 0.343 e. The van der Waals surface area contributed by atoms with Crippen LogP contribution in [-0.2, 0) is 0 Å². The molecule has 0 aliphatic rings. The standard InChI is InChI=1S/C21H16FN3O3/c22-17-8-6-15(7-9-17)21(27)28-19-10-4-14(5-11-19)13-24-25-20(26)16-2-1-3-18(23)12-16/h1-13H,23H2,(H,25,26)/b24-13-. The highest BCUT2D eigenvalue weighted by Gasteiger charge is 2.08. The molecule has 0 heterocycles. The third kappa shape index (κ3) is 5.01. The van der Waals surface area contributed by atoms with E-state index in [1.807, 2.05) is 0 Å². The lowest BCUT2D eigenvalue weighted by molar-refractivity contribution is 0.0734. The molecule has 0 unspecified atom stereocenters. The van der Waals surface area contributed by atoms with E-state index in [1.54, 1.807) is 48.5 Å². The first-order valence-corrected chi connectivity index (χ1v) is 8.28. The summed E-state index contributed by atoms with van der Waals surface area (Å²) in [5.74, 6) is -1.07. The summed E-state index contributed by atoms with van der Waals surface area (Å²) in [5, 5.41) is 3.89. The first-order valence-electron chi connectivity index (χ1n) is 8.28. The van der Waals surface area contributed by atoms with E-state index < -0.39 is 11.8 Å². The van der Waals surface area contributed by atoms with Gasteiger partial charge in [-0.2, -0.15) is 5.10 Å². The van der Waals surface area contributed by atoms with Crippen LogP contribution in [0.5, 0.6) is 5.75 Å². The van der Waals surface area contributed by atoms with Crippen molar-refractivity contribution in [3.05, 3.63) is 95.3 Å².